The monoisotopic (exact) mass is 334 g/mol. The van der Waals surface area contributed by atoms with Crippen molar-refractivity contribution in [2.24, 2.45) is 0 Å². The van der Waals surface area contributed by atoms with Gasteiger partial charge in [-0.3, -0.25) is 4.79 Å². The summed E-state index contributed by atoms with van der Waals surface area (Å²) in [7, 11) is 1.50. The van der Waals surface area contributed by atoms with Gasteiger partial charge < -0.3 is 9.47 Å². The lowest BCUT2D eigenvalue weighted by atomic mass is 10.1. The standard InChI is InChI=1S/C21H18O4/c1-14-7-9-15(10-8-14)19(22)13-25-21(23)18-11-16-5-3-4-6-17(16)12-20(18)24-2/h3-12H,13H2,1-2H3. The number of hydrogen-bond acceptors (Lipinski definition) is 4. The topological polar surface area (TPSA) is 52.6 Å². The highest BCUT2D eigenvalue weighted by Crippen LogP contribution is 2.26. The van der Waals surface area contributed by atoms with Crippen molar-refractivity contribution in [3.8, 4) is 5.75 Å². The third kappa shape index (κ3) is 3.69. The average molecular weight is 334 g/mol. The Morgan fingerprint density at radius 1 is 0.920 bits per heavy atom. The van der Waals surface area contributed by atoms with Crippen LogP contribution in [-0.2, 0) is 4.74 Å². The number of fused-ring (bicyclic) bond motifs is 1. The zero-order valence-corrected chi connectivity index (χ0v) is 14.1. The summed E-state index contributed by atoms with van der Waals surface area (Å²) >= 11 is 0. The molecule has 0 saturated carbocycles. The summed E-state index contributed by atoms with van der Waals surface area (Å²) in [5.74, 6) is -0.400. The number of aryl methyl sites for hydroxylation is 1. The van der Waals surface area contributed by atoms with Gasteiger partial charge in [0, 0.05) is 5.56 Å². The van der Waals surface area contributed by atoms with Crippen molar-refractivity contribution in [1.29, 1.82) is 0 Å². The molecule has 0 aromatic heterocycles. The van der Waals surface area contributed by atoms with Crippen LogP contribution in [0, 0.1) is 6.92 Å². The number of benzene rings is 3. The molecule has 4 nitrogen and oxygen atoms in total. The molecule has 0 bridgehead atoms. The predicted octanol–water partition coefficient (Wildman–Crippen LogP) is 4.20. The maximum Gasteiger partial charge on any atom is 0.342 e. The molecule has 4 heteroatoms. The van der Waals surface area contributed by atoms with E-state index in [0.29, 0.717) is 16.9 Å². The van der Waals surface area contributed by atoms with E-state index in [-0.39, 0.29) is 12.4 Å². The van der Waals surface area contributed by atoms with Gasteiger partial charge in [-0.25, -0.2) is 4.79 Å². The lowest BCUT2D eigenvalue weighted by Crippen LogP contribution is -2.15. The number of carbonyl (C=O) groups excluding carboxylic acids is 2. The molecule has 0 atom stereocenters. The van der Waals surface area contributed by atoms with E-state index < -0.39 is 5.97 Å². The molecule has 3 rings (SSSR count). The first-order chi connectivity index (χ1) is 12.1. The van der Waals surface area contributed by atoms with Gasteiger partial charge in [-0.2, -0.15) is 0 Å². The summed E-state index contributed by atoms with van der Waals surface area (Å²) < 4.78 is 10.5. The summed E-state index contributed by atoms with van der Waals surface area (Å²) in [5.41, 5.74) is 1.89. The quantitative estimate of drug-likeness (QED) is 0.518. The van der Waals surface area contributed by atoms with Crippen LogP contribution >= 0.6 is 0 Å². The van der Waals surface area contributed by atoms with Gasteiger partial charge in [-0.1, -0.05) is 54.1 Å². The van der Waals surface area contributed by atoms with Crippen molar-refractivity contribution < 1.29 is 19.1 Å². The van der Waals surface area contributed by atoms with Crippen molar-refractivity contribution in [2.45, 2.75) is 6.92 Å². The van der Waals surface area contributed by atoms with Gasteiger partial charge >= 0.3 is 5.97 Å². The summed E-state index contributed by atoms with van der Waals surface area (Å²) in [4.78, 5) is 24.6. The lowest BCUT2D eigenvalue weighted by Gasteiger charge is -2.10. The number of ether oxygens (including phenoxy) is 2. The van der Waals surface area contributed by atoms with Gasteiger partial charge in [0.15, 0.2) is 12.4 Å². The summed E-state index contributed by atoms with van der Waals surface area (Å²) in [6.07, 6.45) is 0. The highest BCUT2D eigenvalue weighted by atomic mass is 16.5. The normalized spacial score (nSPS) is 10.5. The van der Waals surface area contributed by atoms with Crippen LogP contribution in [0.1, 0.15) is 26.3 Å². The highest BCUT2D eigenvalue weighted by Gasteiger charge is 2.17. The van der Waals surface area contributed by atoms with E-state index in [1.165, 1.54) is 7.11 Å². The fourth-order valence-corrected chi connectivity index (χ4v) is 2.58. The third-order valence-electron chi connectivity index (χ3n) is 4.00. The van der Waals surface area contributed by atoms with E-state index in [4.69, 9.17) is 9.47 Å². The van der Waals surface area contributed by atoms with E-state index in [9.17, 15) is 9.59 Å². The number of Topliss-reactive ketones (excluding diaryl/α,β-unsaturated/α-hetero) is 1. The van der Waals surface area contributed by atoms with Crippen molar-refractivity contribution in [3.63, 3.8) is 0 Å². The van der Waals surface area contributed by atoms with Crippen LogP contribution in [0.4, 0.5) is 0 Å². The number of hydrogen-bond donors (Lipinski definition) is 0. The van der Waals surface area contributed by atoms with Crippen molar-refractivity contribution in [2.75, 3.05) is 13.7 Å². The molecule has 0 aliphatic carbocycles. The molecule has 0 aliphatic heterocycles. The fraction of sp³-hybridized carbons (Fsp3) is 0.143. The molecule has 0 amide bonds. The predicted molar refractivity (Wildman–Crippen MR) is 96.3 cm³/mol. The first kappa shape index (κ1) is 16.7. The van der Waals surface area contributed by atoms with E-state index >= 15 is 0 Å². The summed E-state index contributed by atoms with van der Waals surface area (Å²) in [5, 5.41) is 1.87. The Morgan fingerprint density at radius 3 is 2.20 bits per heavy atom. The maximum absolute atomic E-state index is 12.4. The second kappa shape index (κ2) is 7.18. The molecular formula is C21H18O4. The summed E-state index contributed by atoms with van der Waals surface area (Å²) in [6.45, 7) is 1.64. The minimum absolute atomic E-state index is 0.242. The first-order valence-corrected chi connectivity index (χ1v) is 7.92. The van der Waals surface area contributed by atoms with Crippen LogP contribution < -0.4 is 4.74 Å². The highest BCUT2D eigenvalue weighted by molar-refractivity contribution is 6.02. The molecule has 3 aromatic carbocycles. The number of carbonyl (C=O) groups is 2. The summed E-state index contributed by atoms with van der Waals surface area (Å²) in [6, 6.07) is 18.3. The first-order valence-electron chi connectivity index (χ1n) is 7.92. The number of esters is 1. The Labute approximate surface area is 146 Å². The largest absolute Gasteiger partial charge is 0.496 e. The van der Waals surface area contributed by atoms with Crippen LogP contribution in [0.3, 0.4) is 0 Å². The van der Waals surface area contributed by atoms with Crippen molar-refractivity contribution >= 4 is 22.5 Å². The van der Waals surface area contributed by atoms with Gasteiger partial charge in [-0.15, -0.1) is 0 Å². The maximum atomic E-state index is 12.4. The second-order valence-corrected chi connectivity index (χ2v) is 5.76. The molecule has 0 radical (unpaired) electrons. The van der Waals surface area contributed by atoms with Crippen molar-refractivity contribution in [3.05, 3.63) is 77.4 Å². The van der Waals surface area contributed by atoms with Gasteiger partial charge in [0.1, 0.15) is 11.3 Å². The van der Waals surface area contributed by atoms with Crippen molar-refractivity contribution in [1.82, 2.24) is 0 Å². The smallest absolute Gasteiger partial charge is 0.342 e. The van der Waals surface area contributed by atoms with Crippen LogP contribution in [0.25, 0.3) is 10.8 Å². The van der Waals surface area contributed by atoms with Gasteiger partial charge in [0.05, 0.1) is 7.11 Å². The molecule has 25 heavy (non-hydrogen) atoms. The van der Waals surface area contributed by atoms with Crippen LogP contribution in [0.15, 0.2) is 60.7 Å². The minimum atomic E-state index is -0.580. The molecular weight excluding hydrogens is 316 g/mol. The Bertz CT molecular complexity index is 926. The number of rotatable bonds is 5. The average Bonchev–Trinajstić information content (AvgIpc) is 2.65. The minimum Gasteiger partial charge on any atom is -0.496 e. The molecule has 126 valence electrons. The fourth-order valence-electron chi connectivity index (χ4n) is 2.58. The van der Waals surface area contributed by atoms with E-state index in [2.05, 4.69) is 0 Å². The lowest BCUT2D eigenvalue weighted by molar-refractivity contribution is 0.0472. The Kier molecular flexibility index (Phi) is 4.80. The van der Waals surface area contributed by atoms with Crippen LogP contribution in [-0.4, -0.2) is 25.5 Å². The molecule has 0 aliphatic rings. The molecule has 0 fully saturated rings. The number of methoxy groups -OCH3 is 1. The van der Waals surface area contributed by atoms with Gasteiger partial charge in [0.25, 0.3) is 0 Å². The zero-order chi connectivity index (χ0) is 17.8. The Hall–Kier alpha value is -3.14. The molecule has 0 spiro atoms. The van der Waals surface area contributed by atoms with E-state index in [1.807, 2.05) is 43.3 Å². The van der Waals surface area contributed by atoms with Gasteiger partial charge in [-0.05, 0) is 29.8 Å². The molecule has 3 aromatic rings. The SMILES string of the molecule is COc1cc2ccccc2cc1C(=O)OCC(=O)c1ccc(C)cc1. The third-order valence-corrected chi connectivity index (χ3v) is 4.00. The van der Waals surface area contributed by atoms with Crippen LogP contribution in [0.2, 0.25) is 0 Å². The second-order valence-electron chi connectivity index (χ2n) is 5.76. The molecule has 0 saturated heterocycles. The Balaban J connectivity index is 1.77. The molecule has 0 unspecified atom stereocenters. The van der Waals surface area contributed by atoms with Crippen LogP contribution in [0.5, 0.6) is 5.75 Å². The molecule has 0 N–H and O–H groups in total. The molecule has 0 heterocycles. The van der Waals surface area contributed by atoms with E-state index in [0.717, 1.165) is 16.3 Å². The van der Waals surface area contributed by atoms with Gasteiger partial charge in [0.2, 0.25) is 0 Å². The zero-order valence-electron chi connectivity index (χ0n) is 14.1. The number of ketones is 1. The van der Waals surface area contributed by atoms with E-state index in [1.54, 1.807) is 24.3 Å². The Morgan fingerprint density at radius 2 is 1.56 bits per heavy atom.